The van der Waals surface area contributed by atoms with E-state index in [9.17, 15) is 9.90 Å². The average Bonchev–Trinajstić information content (AvgIpc) is 2.17. The first-order chi connectivity index (χ1) is 6.61. The second-order valence-electron chi connectivity index (χ2n) is 3.67. The smallest absolute Gasteiger partial charge is 0.132 e. The normalized spacial score (nSPS) is 14.8. The predicted octanol–water partition coefficient (Wildman–Crippen LogP) is 2.13. The third kappa shape index (κ3) is 2.96. The molecule has 0 saturated carbocycles. The zero-order chi connectivity index (χ0) is 10.6. The summed E-state index contributed by atoms with van der Waals surface area (Å²) < 4.78 is 0. The number of hydrogen-bond donors (Lipinski definition) is 1. The van der Waals surface area contributed by atoms with E-state index in [2.05, 4.69) is 0 Å². The monoisotopic (exact) mass is 192 g/mol. The van der Waals surface area contributed by atoms with Crippen LogP contribution in [0.5, 0.6) is 0 Å². The molecular weight excluding hydrogens is 176 g/mol. The van der Waals surface area contributed by atoms with Gasteiger partial charge in [-0.15, -0.1) is 0 Å². The van der Waals surface area contributed by atoms with Crippen molar-refractivity contribution in [3.8, 4) is 0 Å². The Morgan fingerprint density at radius 2 is 1.93 bits per heavy atom. The SMILES string of the molecule is CC(=O)C[C@@H](O)[C@H](C)c1ccccc1. The maximum atomic E-state index is 10.8. The Kier molecular flexibility index (Phi) is 3.84. The number of carbonyl (C=O) groups excluding carboxylic acids is 1. The Bertz CT molecular complexity index is 292. The molecule has 0 heterocycles. The molecule has 1 aromatic carbocycles. The van der Waals surface area contributed by atoms with Crippen LogP contribution in [-0.4, -0.2) is 17.0 Å². The molecule has 2 heteroatoms. The van der Waals surface area contributed by atoms with Crippen molar-refractivity contribution in [1.82, 2.24) is 0 Å². The van der Waals surface area contributed by atoms with Crippen LogP contribution in [0, 0.1) is 0 Å². The van der Waals surface area contributed by atoms with Crippen LogP contribution in [0.4, 0.5) is 0 Å². The van der Waals surface area contributed by atoms with Gasteiger partial charge in [0.05, 0.1) is 6.10 Å². The van der Waals surface area contributed by atoms with Crippen LogP contribution in [0.1, 0.15) is 31.7 Å². The molecule has 0 saturated heterocycles. The molecule has 2 nitrogen and oxygen atoms in total. The Morgan fingerprint density at radius 1 is 1.36 bits per heavy atom. The van der Waals surface area contributed by atoms with Gasteiger partial charge in [-0.1, -0.05) is 37.3 Å². The molecule has 0 spiro atoms. The Hall–Kier alpha value is -1.15. The fourth-order valence-corrected chi connectivity index (χ4v) is 1.45. The zero-order valence-electron chi connectivity index (χ0n) is 8.60. The summed E-state index contributed by atoms with van der Waals surface area (Å²) in [6.45, 7) is 3.43. The van der Waals surface area contributed by atoms with Crippen molar-refractivity contribution in [2.24, 2.45) is 0 Å². The van der Waals surface area contributed by atoms with Gasteiger partial charge < -0.3 is 5.11 Å². The quantitative estimate of drug-likeness (QED) is 0.793. The molecule has 0 aliphatic carbocycles. The van der Waals surface area contributed by atoms with E-state index in [-0.39, 0.29) is 18.1 Å². The van der Waals surface area contributed by atoms with E-state index in [1.165, 1.54) is 6.92 Å². The molecule has 2 atom stereocenters. The van der Waals surface area contributed by atoms with E-state index in [4.69, 9.17) is 0 Å². The molecule has 0 amide bonds. The summed E-state index contributed by atoms with van der Waals surface area (Å²) in [5, 5.41) is 9.72. The molecule has 0 radical (unpaired) electrons. The van der Waals surface area contributed by atoms with Crippen molar-refractivity contribution >= 4 is 5.78 Å². The molecular formula is C12H16O2. The largest absolute Gasteiger partial charge is 0.392 e. The van der Waals surface area contributed by atoms with Crippen molar-refractivity contribution in [2.75, 3.05) is 0 Å². The molecule has 0 aromatic heterocycles. The van der Waals surface area contributed by atoms with Crippen molar-refractivity contribution in [3.63, 3.8) is 0 Å². The highest BCUT2D eigenvalue weighted by Gasteiger charge is 2.17. The van der Waals surface area contributed by atoms with Gasteiger partial charge in [-0.25, -0.2) is 0 Å². The highest BCUT2D eigenvalue weighted by Crippen LogP contribution is 2.20. The number of aliphatic hydroxyl groups is 1. The fourth-order valence-electron chi connectivity index (χ4n) is 1.45. The van der Waals surface area contributed by atoms with E-state index >= 15 is 0 Å². The van der Waals surface area contributed by atoms with Crippen molar-refractivity contribution < 1.29 is 9.90 Å². The van der Waals surface area contributed by atoms with Gasteiger partial charge in [0.25, 0.3) is 0 Å². The lowest BCUT2D eigenvalue weighted by Gasteiger charge is -2.17. The van der Waals surface area contributed by atoms with Gasteiger partial charge in [-0.3, -0.25) is 4.79 Å². The number of aliphatic hydroxyl groups excluding tert-OH is 1. The molecule has 0 bridgehead atoms. The van der Waals surface area contributed by atoms with Crippen molar-refractivity contribution in [1.29, 1.82) is 0 Å². The molecule has 1 N–H and O–H groups in total. The Balaban J connectivity index is 2.65. The first kappa shape index (κ1) is 10.9. The van der Waals surface area contributed by atoms with Crippen LogP contribution in [0.25, 0.3) is 0 Å². The molecule has 0 fully saturated rings. The van der Waals surface area contributed by atoms with Gasteiger partial charge in [0.15, 0.2) is 0 Å². The second kappa shape index (κ2) is 4.91. The Labute approximate surface area is 84.6 Å². The summed E-state index contributed by atoms with van der Waals surface area (Å²) in [5.41, 5.74) is 1.07. The van der Waals surface area contributed by atoms with Gasteiger partial charge in [-0.05, 0) is 12.5 Å². The number of hydrogen-bond acceptors (Lipinski definition) is 2. The van der Waals surface area contributed by atoms with E-state index in [0.29, 0.717) is 0 Å². The topological polar surface area (TPSA) is 37.3 Å². The summed E-state index contributed by atoms with van der Waals surface area (Å²) in [4.78, 5) is 10.8. The summed E-state index contributed by atoms with van der Waals surface area (Å²) in [5.74, 6) is 0.0420. The number of carbonyl (C=O) groups is 1. The lowest BCUT2D eigenvalue weighted by molar-refractivity contribution is -0.119. The van der Waals surface area contributed by atoms with Crippen LogP contribution in [0.15, 0.2) is 30.3 Å². The minimum atomic E-state index is -0.574. The number of Topliss-reactive ketones (excluding diaryl/α,β-unsaturated/α-hetero) is 1. The molecule has 0 aliphatic heterocycles. The first-order valence-corrected chi connectivity index (χ1v) is 4.83. The average molecular weight is 192 g/mol. The summed E-state index contributed by atoms with van der Waals surface area (Å²) in [7, 11) is 0. The maximum absolute atomic E-state index is 10.8. The molecule has 1 rings (SSSR count). The Morgan fingerprint density at radius 3 is 2.43 bits per heavy atom. The number of ketones is 1. The highest BCUT2D eigenvalue weighted by molar-refractivity contribution is 5.76. The second-order valence-corrected chi connectivity index (χ2v) is 3.67. The van der Waals surface area contributed by atoms with Gasteiger partial charge in [-0.2, -0.15) is 0 Å². The molecule has 76 valence electrons. The van der Waals surface area contributed by atoms with Crippen LogP contribution >= 0.6 is 0 Å². The number of benzene rings is 1. The summed E-state index contributed by atoms with van der Waals surface area (Å²) >= 11 is 0. The van der Waals surface area contributed by atoms with E-state index in [1.54, 1.807) is 0 Å². The van der Waals surface area contributed by atoms with Crippen LogP contribution in [0.2, 0.25) is 0 Å². The lowest BCUT2D eigenvalue weighted by Crippen LogP contribution is -2.18. The molecule has 0 aliphatic rings. The lowest BCUT2D eigenvalue weighted by atomic mass is 9.93. The molecule has 1 aromatic rings. The third-order valence-corrected chi connectivity index (χ3v) is 2.40. The minimum absolute atomic E-state index is 0.0140. The van der Waals surface area contributed by atoms with Crippen molar-refractivity contribution in [3.05, 3.63) is 35.9 Å². The van der Waals surface area contributed by atoms with E-state index in [1.807, 2.05) is 37.3 Å². The zero-order valence-corrected chi connectivity index (χ0v) is 8.60. The fraction of sp³-hybridized carbons (Fsp3) is 0.417. The minimum Gasteiger partial charge on any atom is -0.392 e. The third-order valence-electron chi connectivity index (χ3n) is 2.40. The highest BCUT2D eigenvalue weighted by atomic mass is 16.3. The van der Waals surface area contributed by atoms with Crippen LogP contribution < -0.4 is 0 Å². The van der Waals surface area contributed by atoms with Gasteiger partial charge in [0.1, 0.15) is 5.78 Å². The summed E-state index contributed by atoms with van der Waals surface area (Å²) in [6, 6.07) is 9.74. The van der Waals surface area contributed by atoms with Crippen LogP contribution in [-0.2, 0) is 4.79 Å². The summed E-state index contributed by atoms with van der Waals surface area (Å²) in [6.07, 6.45) is -0.342. The van der Waals surface area contributed by atoms with Gasteiger partial charge in [0, 0.05) is 12.3 Å². The first-order valence-electron chi connectivity index (χ1n) is 4.83. The predicted molar refractivity (Wildman–Crippen MR) is 56.2 cm³/mol. The maximum Gasteiger partial charge on any atom is 0.132 e. The molecule has 0 unspecified atom stereocenters. The van der Waals surface area contributed by atoms with Crippen molar-refractivity contribution in [2.45, 2.75) is 32.3 Å². The van der Waals surface area contributed by atoms with Gasteiger partial charge >= 0.3 is 0 Å². The standard InChI is InChI=1S/C12H16O2/c1-9(13)8-12(14)10(2)11-6-4-3-5-7-11/h3-7,10,12,14H,8H2,1-2H3/t10-,12-/m1/s1. The van der Waals surface area contributed by atoms with Gasteiger partial charge in [0.2, 0.25) is 0 Å². The van der Waals surface area contributed by atoms with Crippen LogP contribution in [0.3, 0.4) is 0 Å². The number of rotatable bonds is 4. The molecule has 14 heavy (non-hydrogen) atoms. The van der Waals surface area contributed by atoms with E-state index < -0.39 is 6.10 Å². The van der Waals surface area contributed by atoms with E-state index in [0.717, 1.165) is 5.56 Å².